The van der Waals surface area contributed by atoms with Crippen LogP contribution in [0.4, 0.5) is 5.69 Å². The number of piperidine rings is 1. The molecular weight excluding hydrogens is 314 g/mol. The third kappa shape index (κ3) is 4.94. The summed E-state index contributed by atoms with van der Waals surface area (Å²) in [6, 6.07) is 9.35. The van der Waals surface area contributed by atoms with E-state index >= 15 is 0 Å². The van der Waals surface area contributed by atoms with Gasteiger partial charge in [-0.15, -0.1) is 0 Å². The number of nitrogens with one attached hydrogen (secondary N) is 1. The highest BCUT2D eigenvalue weighted by Gasteiger charge is 2.34. The summed E-state index contributed by atoms with van der Waals surface area (Å²) >= 11 is 0. The number of likely N-dealkylation sites (N-methyl/N-ethyl adjacent to an activating group) is 1. The van der Waals surface area contributed by atoms with Crippen molar-refractivity contribution in [3.8, 4) is 0 Å². The van der Waals surface area contributed by atoms with Crippen molar-refractivity contribution in [1.29, 1.82) is 0 Å². The maximum absolute atomic E-state index is 12.3. The average molecular weight is 339 g/mol. The Morgan fingerprint density at radius 2 is 2.00 bits per heavy atom. The minimum absolute atomic E-state index is 0.198. The second kappa shape index (κ2) is 7.79. The van der Waals surface area contributed by atoms with Crippen LogP contribution in [0.15, 0.2) is 30.3 Å². The van der Waals surface area contributed by atoms with Crippen molar-refractivity contribution < 1.29 is 13.2 Å². The Bertz CT molecular complexity index is 619. The molecule has 0 spiro atoms. The molecule has 1 saturated heterocycles. The number of sulfonamides is 1. The van der Waals surface area contributed by atoms with Gasteiger partial charge in [-0.2, -0.15) is 4.31 Å². The quantitative estimate of drug-likeness (QED) is 0.841. The van der Waals surface area contributed by atoms with Crippen molar-refractivity contribution in [2.45, 2.75) is 25.3 Å². The first-order valence-corrected chi connectivity index (χ1v) is 9.75. The lowest BCUT2D eigenvalue weighted by molar-refractivity contribution is -0.125. The van der Waals surface area contributed by atoms with Gasteiger partial charge in [-0.25, -0.2) is 8.42 Å². The zero-order valence-electron chi connectivity index (χ0n) is 13.7. The number of nitrogens with zero attached hydrogens (tertiary/aromatic N) is 2. The second-order valence-corrected chi connectivity index (χ2v) is 7.87. The summed E-state index contributed by atoms with van der Waals surface area (Å²) in [5.74, 6) is -0.198. The summed E-state index contributed by atoms with van der Waals surface area (Å²) in [5.41, 5.74) is 1.08. The molecule has 0 bridgehead atoms. The maximum atomic E-state index is 12.3. The van der Waals surface area contributed by atoms with Gasteiger partial charge in [0.05, 0.1) is 6.26 Å². The molecule has 1 atom stereocenters. The molecule has 0 saturated carbocycles. The van der Waals surface area contributed by atoms with E-state index in [1.165, 1.54) is 10.6 Å². The molecule has 7 heteroatoms. The van der Waals surface area contributed by atoms with E-state index in [1.54, 1.807) is 0 Å². The van der Waals surface area contributed by atoms with Crippen LogP contribution in [0, 0.1) is 0 Å². The minimum Gasteiger partial charge on any atom is -0.373 e. The zero-order chi connectivity index (χ0) is 16.9. The van der Waals surface area contributed by atoms with E-state index in [0.29, 0.717) is 26.1 Å². The number of hydrogen-bond acceptors (Lipinski definition) is 4. The van der Waals surface area contributed by atoms with Crippen LogP contribution < -0.4 is 10.2 Å². The van der Waals surface area contributed by atoms with Crippen LogP contribution in [-0.4, -0.2) is 57.6 Å². The number of carbonyl (C=O) groups excluding carboxylic acids is 1. The van der Waals surface area contributed by atoms with E-state index in [0.717, 1.165) is 18.5 Å². The van der Waals surface area contributed by atoms with E-state index in [-0.39, 0.29) is 5.91 Å². The monoisotopic (exact) mass is 339 g/mol. The van der Waals surface area contributed by atoms with Gasteiger partial charge < -0.3 is 10.2 Å². The summed E-state index contributed by atoms with van der Waals surface area (Å²) in [6.45, 7) is 1.58. The lowest BCUT2D eigenvalue weighted by Crippen LogP contribution is -2.52. The van der Waals surface area contributed by atoms with Gasteiger partial charge in [-0.1, -0.05) is 24.6 Å². The average Bonchev–Trinajstić information content (AvgIpc) is 2.54. The van der Waals surface area contributed by atoms with Gasteiger partial charge >= 0.3 is 0 Å². The van der Waals surface area contributed by atoms with Crippen molar-refractivity contribution in [2.75, 3.05) is 37.8 Å². The molecule has 1 aromatic carbocycles. The number of anilines is 1. The lowest BCUT2D eigenvalue weighted by atomic mass is 10.0. The van der Waals surface area contributed by atoms with E-state index in [9.17, 15) is 13.2 Å². The fourth-order valence-corrected chi connectivity index (χ4v) is 3.96. The molecule has 6 nitrogen and oxygen atoms in total. The van der Waals surface area contributed by atoms with Gasteiger partial charge in [0, 0.05) is 32.4 Å². The van der Waals surface area contributed by atoms with Crippen molar-refractivity contribution in [3.05, 3.63) is 30.3 Å². The van der Waals surface area contributed by atoms with Crippen molar-refractivity contribution >= 4 is 21.6 Å². The first-order valence-electron chi connectivity index (χ1n) is 7.90. The highest BCUT2D eigenvalue weighted by atomic mass is 32.2. The first-order chi connectivity index (χ1) is 10.9. The van der Waals surface area contributed by atoms with Crippen LogP contribution >= 0.6 is 0 Å². The van der Waals surface area contributed by atoms with Crippen LogP contribution in [0.3, 0.4) is 0 Å². The number of amides is 1. The van der Waals surface area contributed by atoms with Crippen molar-refractivity contribution in [2.24, 2.45) is 0 Å². The smallest absolute Gasteiger partial charge is 0.238 e. The summed E-state index contributed by atoms with van der Waals surface area (Å²) in [5, 5.41) is 2.87. The third-order valence-corrected chi connectivity index (χ3v) is 5.41. The Morgan fingerprint density at radius 1 is 1.30 bits per heavy atom. The number of para-hydroxylation sites is 1. The summed E-state index contributed by atoms with van der Waals surface area (Å²) < 4.78 is 24.9. The molecule has 1 aliphatic heterocycles. The van der Waals surface area contributed by atoms with Gasteiger partial charge in [0.2, 0.25) is 15.9 Å². The Balaban J connectivity index is 1.86. The SMILES string of the molecule is CN(CCNC(=O)C1CCCCN1S(C)(=O)=O)c1ccccc1. The Labute approximate surface area is 138 Å². The predicted octanol–water partition coefficient (Wildman–Crippen LogP) is 1.05. The number of rotatable bonds is 6. The van der Waals surface area contributed by atoms with Gasteiger partial charge in [0.15, 0.2) is 0 Å². The van der Waals surface area contributed by atoms with Crippen LogP contribution in [0.2, 0.25) is 0 Å². The maximum Gasteiger partial charge on any atom is 0.238 e. The first kappa shape index (κ1) is 17.7. The van der Waals surface area contributed by atoms with Gasteiger partial charge in [-0.3, -0.25) is 4.79 Å². The van der Waals surface area contributed by atoms with Crippen LogP contribution in [0.1, 0.15) is 19.3 Å². The topological polar surface area (TPSA) is 69.7 Å². The molecule has 1 heterocycles. The normalized spacial score (nSPS) is 19.3. The highest BCUT2D eigenvalue weighted by molar-refractivity contribution is 7.88. The number of carbonyl (C=O) groups is 1. The third-order valence-electron chi connectivity index (χ3n) is 4.13. The van der Waals surface area contributed by atoms with Crippen LogP contribution in [-0.2, 0) is 14.8 Å². The summed E-state index contributed by atoms with van der Waals surface area (Å²) in [4.78, 5) is 14.4. The number of hydrogen-bond donors (Lipinski definition) is 1. The molecule has 23 heavy (non-hydrogen) atoms. The molecule has 1 N–H and O–H groups in total. The van der Waals surface area contributed by atoms with E-state index < -0.39 is 16.1 Å². The van der Waals surface area contributed by atoms with Crippen LogP contribution in [0.5, 0.6) is 0 Å². The molecule has 1 fully saturated rings. The van der Waals surface area contributed by atoms with Gasteiger partial charge in [0.1, 0.15) is 6.04 Å². The molecule has 128 valence electrons. The Hall–Kier alpha value is -1.60. The molecule has 2 rings (SSSR count). The Morgan fingerprint density at radius 3 is 2.65 bits per heavy atom. The molecule has 0 radical (unpaired) electrons. The molecule has 1 amide bonds. The molecule has 1 aliphatic rings. The zero-order valence-corrected chi connectivity index (χ0v) is 14.6. The summed E-state index contributed by atoms with van der Waals surface area (Å²) in [6.07, 6.45) is 3.46. The molecular formula is C16H25N3O3S. The standard InChI is InChI=1S/C16H25N3O3S/c1-18(14-8-4-3-5-9-14)13-11-17-16(20)15-10-6-7-12-19(15)23(2,21)22/h3-5,8-9,15H,6-7,10-13H2,1-2H3,(H,17,20). The molecule has 1 aromatic rings. The van der Waals surface area contributed by atoms with Gasteiger partial charge in [-0.05, 0) is 25.0 Å². The Kier molecular flexibility index (Phi) is 6.01. The largest absolute Gasteiger partial charge is 0.373 e. The van der Waals surface area contributed by atoms with E-state index in [1.807, 2.05) is 37.4 Å². The second-order valence-electron chi connectivity index (χ2n) is 5.93. The van der Waals surface area contributed by atoms with E-state index in [2.05, 4.69) is 10.2 Å². The molecule has 1 unspecified atom stereocenters. The van der Waals surface area contributed by atoms with Crippen molar-refractivity contribution in [1.82, 2.24) is 9.62 Å². The fraction of sp³-hybridized carbons (Fsp3) is 0.562. The van der Waals surface area contributed by atoms with E-state index in [4.69, 9.17) is 0 Å². The number of benzene rings is 1. The predicted molar refractivity (Wildman–Crippen MR) is 91.9 cm³/mol. The lowest BCUT2D eigenvalue weighted by Gasteiger charge is -2.32. The molecule has 0 aromatic heterocycles. The highest BCUT2D eigenvalue weighted by Crippen LogP contribution is 2.20. The summed E-state index contributed by atoms with van der Waals surface area (Å²) in [7, 11) is -1.38. The molecule has 0 aliphatic carbocycles. The van der Waals surface area contributed by atoms with Crippen molar-refractivity contribution in [3.63, 3.8) is 0 Å². The van der Waals surface area contributed by atoms with Crippen LogP contribution in [0.25, 0.3) is 0 Å². The van der Waals surface area contributed by atoms with Gasteiger partial charge in [0.25, 0.3) is 0 Å². The minimum atomic E-state index is -3.34. The fourth-order valence-electron chi connectivity index (χ4n) is 2.84.